The summed E-state index contributed by atoms with van der Waals surface area (Å²) in [5, 5.41) is 4.58. The van der Waals surface area contributed by atoms with Gasteiger partial charge in [-0.15, -0.1) is 24.2 Å². The number of halogens is 1. The summed E-state index contributed by atoms with van der Waals surface area (Å²) < 4.78 is 0. The third kappa shape index (κ3) is 3.92. The van der Waals surface area contributed by atoms with Gasteiger partial charge in [0, 0.05) is 18.6 Å². The van der Waals surface area contributed by atoms with E-state index in [0.717, 1.165) is 16.7 Å². The molecular weight excluding hydrogens is 260 g/mol. The molecule has 0 fully saturated rings. The van der Waals surface area contributed by atoms with Gasteiger partial charge in [-0.2, -0.15) is 0 Å². The molecule has 1 aromatic rings. The maximum absolute atomic E-state index is 4.55. The van der Waals surface area contributed by atoms with E-state index in [4.69, 9.17) is 0 Å². The molecule has 0 spiro atoms. The summed E-state index contributed by atoms with van der Waals surface area (Å²) in [6.45, 7) is 0. The molecule has 1 aromatic carbocycles. The van der Waals surface area contributed by atoms with Crippen molar-refractivity contribution in [3.63, 3.8) is 0 Å². The fourth-order valence-electron chi connectivity index (χ4n) is 1.34. The minimum absolute atomic E-state index is 0. The molecule has 1 heterocycles. The fraction of sp³-hybridized carbons (Fsp3) is 0.364. The molecule has 2 rings (SSSR count). The average Bonchev–Trinajstić information content (AvgIpc) is 2.76. The monoisotopic (exact) mass is 274 g/mol. The normalized spacial score (nSPS) is 18.8. The van der Waals surface area contributed by atoms with Crippen LogP contribution in [0.25, 0.3) is 0 Å². The van der Waals surface area contributed by atoms with E-state index in [0.29, 0.717) is 5.37 Å². The van der Waals surface area contributed by atoms with Gasteiger partial charge in [-0.1, -0.05) is 42.1 Å². The molecule has 1 N–H and O–H groups in total. The van der Waals surface area contributed by atoms with Crippen LogP contribution >= 0.6 is 35.9 Å². The molecule has 0 aliphatic carbocycles. The molecular formula is C11H15ClN2S2. The Kier molecular flexibility index (Phi) is 6.09. The first kappa shape index (κ1) is 13.7. The molecule has 2 nitrogen and oxygen atoms in total. The van der Waals surface area contributed by atoms with E-state index in [2.05, 4.69) is 40.6 Å². The van der Waals surface area contributed by atoms with Crippen molar-refractivity contribution < 1.29 is 0 Å². The zero-order valence-corrected chi connectivity index (χ0v) is 11.5. The lowest BCUT2D eigenvalue weighted by Gasteiger charge is -2.04. The van der Waals surface area contributed by atoms with Gasteiger partial charge in [0.1, 0.15) is 5.37 Å². The first-order valence-corrected chi connectivity index (χ1v) is 6.96. The first-order chi connectivity index (χ1) is 7.38. The number of benzene rings is 1. The Bertz CT molecular complexity index is 343. The summed E-state index contributed by atoms with van der Waals surface area (Å²) in [4.78, 5) is 4.55. The molecule has 1 unspecified atom stereocenters. The second-order valence-electron chi connectivity index (χ2n) is 3.25. The maximum Gasteiger partial charge on any atom is 0.157 e. The van der Waals surface area contributed by atoms with Crippen molar-refractivity contribution in [1.29, 1.82) is 0 Å². The van der Waals surface area contributed by atoms with Crippen LogP contribution in [0.2, 0.25) is 0 Å². The Balaban J connectivity index is 0.00000128. The Labute approximate surface area is 111 Å². The van der Waals surface area contributed by atoms with Crippen LogP contribution in [0.4, 0.5) is 0 Å². The van der Waals surface area contributed by atoms with Crippen molar-refractivity contribution in [2.45, 2.75) is 11.1 Å². The highest BCUT2D eigenvalue weighted by molar-refractivity contribution is 8.15. The van der Waals surface area contributed by atoms with E-state index in [1.165, 1.54) is 5.56 Å². The van der Waals surface area contributed by atoms with E-state index in [1.54, 1.807) is 11.8 Å². The molecule has 88 valence electrons. The quantitative estimate of drug-likeness (QED) is 0.917. The highest BCUT2D eigenvalue weighted by Gasteiger charge is 2.17. The minimum atomic E-state index is 0. The second-order valence-corrected chi connectivity index (χ2v) is 5.42. The predicted molar refractivity (Wildman–Crippen MR) is 77.7 cm³/mol. The van der Waals surface area contributed by atoms with Gasteiger partial charge in [0.2, 0.25) is 0 Å². The topological polar surface area (TPSA) is 24.4 Å². The lowest BCUT2D eigenvalue weighted by Crippen LogP contribution is -2.11. The van der Waals surface area contributed by atoms with Crippen LogP contribution in [0.5, 0.6) is 0 Å². The second kappa shape index (κ2) is 7.09. The molecule has 0 aromatic heterocycles. The lowest BCUT2D eigenvalue weighted by atomic mass is 10.2. The van der Waals surface area contributed by atoms with Crippen LogP contribution < -0.4 is 5.32 Å². The number of thioether (sulfide) groups is 2. The van der Waals surface area contributed by atoms with Crippen molar-refractivity contribution >= 4 is 41.1 Å². The lowest BCUT2D eigenvalue weighted by molar-refractivity contribution is 1.06. The summed E-state index contributed by atoms with van der Waals surface area (Å²) in [5.74, 6) is 2.14. The molecule has 0 radical (unpaired) electrons. The van der Waals surface area contributed by atoms with Gasteiger partial charge in [0.15, 0.2) is 5.17 Å². The largest absolute Gasteiger partial charge is 0.368 e. The van der Waals surface area contributed by atoms with E-state index in [-0.39, 0.29) is 12.4 Å². The van der Waals surface area contributed by atoms with Crippen LogP contribution in [0, 0.1) is 0 Å². The van der Waals surface area contributed by atoms with Gasteiger partial charge in [-0.3, -0.25) is 0 Å². The molecule has 1 aliphatic heterocycles. The highest BCUT2D eigenvalue weighted by Crippen LogP contribution is 2.27. The Hall–Kier alpha value is -0.320. The number of hydrogen-bond acceptors (Lipinski definition) is 4. The van der Waals surface area contributed by atoms with E-state index in [9.17, 15) is 0 Å². The Morgan fingerprint density at radius 1 is 1.44 bits per heavy atom. The molecule has 5 heteroatoms. The molecule has 0 amide bonds. The summed E-state index contributed by atoms with van der Waals surface area (Å²) in [7, 11) is 1.93. The zero-order valence-electron chi connectivity index (χ0n) is 9.05. The Morgan fingerprint density at radius 2 is 2.19 bits per heavy atom. The van der Waals surface area contributed by atoms with Gasteiger partial charge in [0.05, 0.1) is 0 Å². The standard InChI is InChI=1S/C11H14N2S2.ClH/c1-12-11-13-10(8-15-11)14-7-9-5-3-2-4-6-9;/h2-6,10H,7-8H2,1H3,(H,12,13);1H. The summed E-state index contributed by atoms with van der Waals surface area (Å²) in [5.41, 5.74) is 1.38. The van der Waals surface area contributed by atoms with Crippen molar-refractivity contribution in [1.82, 2.24) is 5.32 Å². The number of nitrogens with one attached hydrogen (secondary N) is 1. The molecule has 0 saturated carbocycles. The van der Waals surface area contributed by atoms with Crippen molar-refractivity contribution in [3.05, 3.63) is 35.9 Å². The Morgan fingerprint density at radius 3 is 2.81 bits per heavy atom. The number of aliphatic imine (C=N–C) groups is 1. The van der Waals surface area contributed by atoms with Crippen LogP contribution in [0.1, 0.15) is 5.56 Å². The van der Waals surface area contributed by atoms with E-state index < -0.39 is 0 Å². The van der Waals surface area contributed by atoms with Gasteiger partial charge in [-0.25, -0.2) is 4.99 Å². The van der Waals surface area contributed by atoms with E-state index >= 15 is 0 Å². The minimum Gasteiger partial charge on any atom is -0.368 e. The van der Waals surface area contributed by atoms with E-state index in [1.807, 2.05) is 18.8 Å². The molecule has 0 saturated heterocycles. The van der Waals surface area contributed by atoms with Gasteiger partial charge < -0.3 is 5.32 Å². The number of hydrogen-bond donors (Lipinski definition) is 1. The van der Waals surface area contributed by atoms with Crippen molar-refractivity contribution in [2.24, 2.45) is 4.99 Å². The molecule has 0 bridgehead atoms. The van der Waals surface area contributed by atoms with Crippen LogP contribution in [0.15, 0.2) is 35.3 Å². The highest BCUT2D eigenvalue weighted by atomic mass is 35.5. The van der Waals surface area contributed by atoms with Crippen LogP contribution in [-0.2, 0) is 5.75 Å². The smallest absolute Gasteiger partial charge is 0.157 e. The molecule has 1 aliphatic rings. The third-order valence-electron chi connectivity index (χ3n) is 2.12. The van der Waals surface area contributed by atoms with Crippen LogP contribution in [-0.4, -0.2) is 23.3 Å². The number of rotatable bonds is 3. The first-order valence-electron chi connectivity index (χ1n) is 4.92. The number of amidine groups is 1. The average molecular weight is 275 g/mol. The summed E-state index contributed by atoms with van der Waals surface area (Å²) in [6.07, 6.45) is 0. The van der Waals surface area contributed by atoms with Crippen molar-refractivity contribution in [2.75, 3.05) is 12.8 Å². The zero-order chi connectivity index (χ0) is 10.5. The van der Waals surface area contributed by atoms with Crippen LogP contribution in [0.3, 0.4) is 0 Å². The number of nitrogens with zero attached hydrogens (tertiary/aromatic N) is 1. The molecule has 16 heavy (non-hydrogen) atoms. The summed E-state index contributed by atoms with van der Waals surface area (Å²) >= 11 is 3.71. The predicted octanol–water partition coefficient (Wildman–Crippen LogP) is 2.99. The van der Waals surface area contributed by atoms with Gasteiger partial charge >= 0.3 is 0 Å². The maximum atomic E-state index is 4.55. The summed E-state index contributed by atoms with van der Waals surface area (Å²) in [6, 6.07) is 10.6. The van der Waals surface area contributed by atoms with Crippen molar-refractivity contribution in [3.8, 4) is 0 Å². The van der Waals surface area contributed by atoms with Gasteiger partial charge in [-0.05, 0) is 5.56 Å². The SMILES string of the molecule is CNC1=NC(SCc2ccccc2)CS1.Cl. The fourth-order valence-corrected chi connectivity index (χ4v) is 3.48. The molecule has 1 atom stereocenters. The third-order valence-corrected chi connectivity index (χ3v) is 4.56. The van der Waals surface area contributed by atoms with Gasteiger partial charge in [0.25, 0.3) is 0 Å².